The third-order valence-corrected chi connectivity index (χ3v) is 3.26. The lowest BCUT2D eigenvalue weighted by Gasteiger charge is -2.08. The molecule has 0 heterocycles. The lowest BCUT2D eigenvalue weighted by atomic mass is 10.2. The standard InChI is InChI=1S/C10H12ClNO3S/c1-7(2)10(13)12-8-4-3-5-9(6-8)16(11,14)15/h3-7H,1-2H3,(H,12,13). The molecule has 0 atom stereocenters. The zero-order chi connectivity index (χ0) is 12.3. The summed E-state index contributed by atoms with van der Waals surface area (Å²) in [6.07, 6.45) is 0. The van der Waals surface area contributed by atoms with Crippen molar-refractivity contribution in [2.45, 2.75) is 18.7 Å². The van der Waals surface area contributed by atoms with Gasteiger partial charge in [-0.15, -0.1) is 0 Å². The predicted molar refractivity (Wildman–Crippen MR) is 62.9 cm³/mol. The maximum atomic E-state index is 11.4. The van der Waals surface area contributed by atoms with E-state index < -0.39 is 9.05 Å². The lowest BCUT2D eigenvalue weighted by molar-refractivity contribution is -0.118. The van der Waals surface area contributed by atoms with E-state index in [0.29, 0.717) is 5.69 Å². The molecule has 0 bridgehead atoms. The first kappa shape index (κ1) is 13.0. The van der Waals surface area contributed by atoms with Crippen molar-refractivity contribution in [3.63, 3.8) is 0 Å². The number of hydrogen-bond donors (Lipinski definition) is 1. The molecule has 6 heteroatoms. The fourth-order valence-corrected chi connectivity index (χ4v) is 1.81. The van der Waals surface area contributed by atoms with Gasteiger partial charge in [0.2, 0.25) is 5.91 Å². The number of carbonyl (C=O) groups is 1. The molecule has 1 amide bonds. The Morgan fingerprint density at radius 3 is 2.50 bits per heavy atom. The van der Waals surface area contributed by atoms with Crippen molar-refractivity contribution in [3.8, 4) is 0 Å². The molecule has 0 aliphatic carbocycles. The second-order valence-corrected chi connectivity index (χ2v) is 6.18. The van der Waals surface area contributed by atoms with Crippen molar-refractivity contribution < 1.29 is 13.2 Å². The third kappa shape index (κ3) is 3.50. The first-order valence-corrected chi connectivity index (χ1v) is 6.97. The van der Waals surface area contributed by atoms with E-state index in [2.05, 4.69) is 5.32 Å². The summed E-state index contributed by atoms with van der Waals surface area (Å²) in [6.45, 7) is 3.49. The predicted octanol–water partition coefficient (Wildman–Crippen LogP) is 2.21. The first-order valence-electron chi connectivity index (χ1n) is 4.66. The molecule has 0 saturated carbocycles. The normalized spacial score (nSPS) is 11.5. The van der Waals surface area contributed by atoms with Crippen molar-refractivity contribution >= 4 is 31.3 Å². The van der Waals surface area contributed by atoms with Crippen molar-refractivity contribution in [1.82, 2.24) is 0 Å². The average Bonchev–Trinajstić information content (AvgIpc) is 2.16. The maximum absolute atomic E-state index is 11.4. The summed E-state index contributed by atoms with van der Waals surface area (Å²) in [5.74, 6) is -0.347. The van der Waals surface area contributed by atoms with Crippen LogP contribution in [-0.2, 0) is 13.8 Å². The van der Waals surface area contributed by atoms with Crippen molar-refractivity contribution in [2.75, 3.05) is 5.32 Å². The fraction of sp³-hybridized carbons (Fsp3) is 0.300. The Bertz CT molecular complexity index is 497. The minimum Gasteiger partial charge on any atom is -0.326 e. The first-order chi connectivity index (χ1) is 7.30. The zero-order valence-corrected chi connectivity index (χ0v) is 10.5. The number of halogens is 1. The molecule has 0 unspecified atom stereocenters. The number of nitrogens with one attached hydrogen (secondary N) is 1. The minimum absolute atomic E-state index is 0.0317. The summed E-state index contributed by atoms with van der Waals surface area (Å²) < 4.78 is 22.1. The Kier molecular flexibility index (Phi) is 3.93. The largest absolute Gasteiger partial charge is 0.326 e. The average molecular weight is 262 g/mol. The van der Waals surface area contributed by atoms with Crippen molar-refractivity contribution in [1.29, 1.82) is 0 Å². The summed E-state index contributed by atoms with van der Waals surface area (Å²) in [5, 5.41) is 2.59. The van der Waals surface area contributed by atoms with Gasteiger partial charge in [-0.25, -0.2) is 8.42 Å². The zero-order valence-electron chi connectivity index (χ0n) is 8.90. The second kappa shape index (κ2) is 4.84. The summed E-state index contributed by atoms with van der Waals surface area (Å²) >= 11 is 0. The van der Waals surface area contributed by atoms with Crippen LogP contribution in [0.15, 0.2) is 29.2 Å². The maximum Gasteiger partial charge on any atom is 0.261 e. The van der Waals surface area contributed by atoms with E-state index in [1.165, 1.54) is 18.2 Å². The van der Waals surface area contributed by atoms with E-state index in [1.54, 1.807) is 19.9 Å². The molecule has 0 spiro atoms. The highest BCUT2D eigenvalue weighted by Crippen LogP contribution is 2.19. The van der Waals surface area contributed by atoms with Crippen LogP contribution in [0.1, 0.15) is 13.8 Å². The van der Waals surface area contributed by atoms with Crippen LogP contribution in [0.5, 0.6) is 0 Å². The monoisotopic (exact) mass is 261 g/mol. The Morgan fingerprint density at radius 1 is 1.38 bits per heavy atom. The molecule has 0 aliphatic heterocycles. The number of hydrogen-bond acceptors (Lipinski definition) is 3. The Balaban J connectivity index is 2.96. The number of rotatable bonds is 3. The Hall–Kier alpha value is -1.07. The smallest absolute Gasteiger partial charge is 0.261 e. The Labute approximate surface area is 99.0 Å². The van der Waals surface area contributed by atoms with E-state index in [0.717, 1.165) is 0 Å². The summed E-state index contributed by atoms with van der Waals surface area (Å²) in [6, 6.07) is 5.81. The molecule has 16 heavy (non-hydrogen) atoms. The van der Waals surface area contributed by atoms with E-state index in [9.17, 15) is 13.2 Å². The fourth-order valence-electron chi connectivity index (χ4n) is 1.01. The summed E-state index contributed by atoms with van der Waals surface area (Å²) in [4.78, 5) is 11.3. The lowest BCUT2D eigenvalue weighted by Crippen LogP contribution is -2.17. The highest BCUT2D eigenvalue weighted by molar-refractivity contribution is 8.13. The second-order valence-electron chi connectivity index (χ2n) is 3.61. The van der Waals surface area contributed by atoms with Crippen LogP contribution in [0.3, 0.4) is 0 Å². The number of anilines is 1. The number of carbonyl (C=O) groups excluding carboxylic acids is 1. The SMILES string of the molecule is CC(C)C(=O)Nc1cccc(S(=O)(=O)Cl)c1. The minimum atomic E-state index is -3.76. The van der Waals surface area contributed by atoms with Crippen LogP contribution in [0.4, 0.5) is 5.69 Å². The van der Waals surface area contributed by atoms with Crippen molar-refractivity contribution in [3.05, 3.63) is 24.3 Å². The van der Waals surface area contributed by atoms with Gasteiger partial charge in [0, 0.05) is 22.3 Å². The number of benzene rings is 1. The van der Waals surface area contributed by atoms with Crippen LogP contribution >= 0.6 is 10.7 Å². The van der Waals surface area contributed by atoms with Crippen LogP contribution in [-0.4, -0.2) is 14.3 Å². The summed E-state index contributed by atoms with van der Waals surface area (Å²) in [5.41, 5.74) is 0.417. The van der Waals surface area contributed by atoms with Gasteiger partial charge in [0.25, 0.3) is 9.05 Å². The van der Waals surface area contributed by atoms with E-state index >= 15 is 0 Å². The Morgan fingerprint density at radius 2 is 2.00 bits per heavy atom. The molecule has 0 aromatic heterocycles. The van der Waals surface area contributed by atoms with E-state index in [4.69, 9.17) is 10.7 Å². The van der Waals surface area contributed by atoms with E-state index in [1.807, 2.05) is 0 Å². The van der Waals surface area contributed by atoms with Gasteiger partial charge in [-0.2, -0.15) is 0 Å². The van der Waals surface area contributed by atoms with Gasteiger partial charge in [-0.05, 0) is 18.2 Å². The van der Waals surface area contributed by atoms with E-state index in [-0.39, 0.29) is 16.7 Å². The van der Waals surface area contributed by atoms with Gasteiger partial charge in [-0.3, -0.25) is 4.79 Å². The van der Waals surface area contributed by atoms with Crippen LogP contribution in [0, 0.1) is 5.92 Å². The molecule has 88 valence electrons. The van der Waals surface area contributed by atoms with Crippen LogP contribution < -0.4 is 5.32 Å². The molecular formula is C10H12ClNO3S. The number of amides is 1. The highest BCUT2D eigenvalue weighted by Gasteiger charge is 2.12. The molecule has 0 aliphatic rings. The van der Waals surface area contributed by atoms with Gasteiger partial charge in [0.05, 0.1) is 4.90 Å². The van der Waals surface area contributed by atoms with Gasteiger partial charge in [0.1, 0.15) is 0 Å². The van der Waals surface area contributed by atoms with Gasteiger partial charge in [0.15, 0.2) is 0 Å². The van der Waals surface area contributed by atoms with Crippen molar-refractivity contribution in [2.24, 2.45) is 5.92 Å². The molecule has 0 radical (unpaired) electrons. The molecule has 0 fully saturated rings. The van der Waals surface area contributed by atoms with Gasteiger partial charge >= 0.3 is 0 Å². The van der Waals surface area contributed by atoms with Gasteiger partial charge in [-0.1, -0.05) is 19.9 Å². The molecule has 1 aromatic carbocycles. The van der Waals surface area contributed by atoms with Crippen LogP contribution in [0.25, 0.3) is 0 Å². The summed E-state index contributed by atoms with van der Waals surface area (Å²) in [7, 11) is 1.43. The van der Waals surface area contributed by atoms with Crippen LogP contribution in [0.2, 0.25) is 0 Å². The molecular weight excluding hydrogens is 250 g/mol. The molecule has 0 saturated heterocycles. The van der Waals surface area contributed by atoms with Gasteiger partial charge < -0.3 is 5.32 Å². The quantitative estimate of drug-likeness (QED) is 0.849. The molecule has 1 rings (SSSR count). The third-order valence-electron chi connectivity index (χ3n) is 1.91. The topological polar surface area (TPSA) is 63.2 Å². The molecule has 1 N–H and O–H groups in total. The highest BCUT2D eigenvalue weighted by atomic mass is 35.7. The molecule has 4 nitrogen and oxygen atoms in total. The molecule has 1 aromatic rings.